The van der Waals surface area contributed by atoms with Gasteiger partial charge in [0, 0.05) is 24.2 Å². The van der Waals surface area contributed by atoms with Crippen LogP contribution in [0.1, 0.15) is 12.5 Å². The van der Waals surface area contributed by atoms with E-state index in [-0.39, 0.29) is 12.5 Å². The number of benzene rings is 1. The van der Waals surface area contributed by atoms with E-state index >= 15 is 0 Å². The molecule has 1 heterocycles. The number of fused-ring (bicyclic) bond motifs is 1. The summed E-state index contributed by atoms with van der Waals surface area (Å²) in [5, 5.41) is 3.54. The van der Waals surface area contributed by atoms with Crippen molar-refractivity contribution in [3.63, 3.8) is 0 Å². The summed E-state index contributed by atoms with van der Waals surface area (Å²) in [5.41, 5.74) is 9.47. The maximum absolute atomic E-state index is 12.1. The first kappa shape index (κ1) is 10.5. The van der Waals surface area contributed by atoms with Crippen molar-refractivity contribution in [2.45, 2.75) is 12.3 Å². The van der Waals surface area contributed by atoms with Gasteiger partial charge < -0.3 is 4.90 Å². The van der Waals surface area contributed by atoms with Gasteiger partial charge in [-0.3, -0.25) is 4.79 Å². The van der Waals surface area contributed by atoms with Gasteiger partial charge in [-0.15, -0.1) is 0 Å². The number of hydrogen-bond acceptors (Lipinski definition) is 2. The zero-order valence-electron chi connectivity index (χ0n) is 9.21. The molecule has 1 aliphatic rings. The molecule has 1 unspecified atom stereocenters. The van der Waals surface area contributed by atoms with E-state index in [1.165, 1.54) is 0 Å². The number of rotatable bonds is 2. The molecule has 2 rings (SSSR count). The Morgan fingerprint density at radius 3 is 2.88 bits per heavy atom. The Labute approximate surface area is 93.3 Å². The number of nitrogens with zero attached hydrogens (tertiary/aromatic N) is 4. The molecule has 5 heteroatoms. The number of hydrogen-bond donors (Lipinski definition) is 0. The first-order chi connectivity index (χ1) is 7.61. The minimum absolute atomic E-state index is 0.0268. The number of para-hydroxylation sites is 1. The SMILES string of the molecule is CN1C(=O)C(C)(CN=[N+]=[N-])c2ccccc21. The zero-order chi connectivity index (χ0) is 11.8. The van der Waals surface area contributed by atoms with Gasteiger partial charge in [0.25, 0.3) is 0 Å². The highest BCUT2D eigenvalue weighted by atomic mass is 16.2. The van der Waals surface area contributed by atoms with Crippen LogP contribution in [0.4, 0.5) is 5.69 Å². The molecule has 0 radical (unpaired) electrons. The summed E-state index contributed by atoms with van der Waals surface area (Å²) in [6, 6.07) is 7.58. The van der Waals surface area contributed by atoms with Crippen LogP contribution in [0.3, 0.4) is 0 Å². The molecule has 0 aliphatic carbocycles. The molecule has 1 aromatic carbocycles. The first-order valence-electron chi connectivity index (χ1n) is 5.00. The summed E-state index contributed by atoms with van der Waals surface area (Å²) < 4.78 is 0. The Bertz CT molecular complexity index is 493. The third-order valence-corrected chi connectivity index (χ3v) is 3.09. The third-order valence-electron chi connectivity index (χ3n) is 3.09. The van der Waals surface area contributed by atoms with E-state index in [1.807, 2.05) is 31.2 Å². The standard InChI is InChI=1S/C11H12N4O/c1-11(7-13-14-12)8-5-3-4-6-9(8)15(2)10(11)16/h3-6H,7H2,1-2H3. The fourth-order valence-corrected chi connectivity index (χ4v) is 2.15. The topological polar surface area (TPSA) is 69.1 Å². The van der Waals surface area contributed by atoms with E-state index in [1.54, 1.807) is 11.9 Å². The van der Waals surface area contributed by atoms with E-state index in [0.29, 0.717) is 0 Å². The average molecular weight is 216 g/mol. The molecular formula is C11H12N4O. The molecule has 0 spiro atoms. The lowest BCUT2D eigenvalue weighted by Crippen LogP contribution is -2.38. The van der Waals surface area contributed by atoms with Crippen molar-refractivity contribution in [1.82, 2.24) is 0 Å². The van der Waals surface area contributed by atoms with Crippen LogP contribution in [0.25, 0.3) is 10.4 Å². The number of anilines is 1. The van der Waals surface area contributed by atoms with E-state index < -0.39 is 5.41 Å². The lowest BCUT2D eigenvalue weighted by molar-refractivity contribution is -0.122. The van der Waals surface area contributed by atoms with Crippen LogP contribution < -0.4 is 4.90 Å². The molecule has 0 bridgehead atoms. The molecule has 16 heavy (non-hydrogen) atoms. The van der Waals surface area contributed by atoms with Crippen LogP contribution in [0.5, 0.6) is 0 Å². The molecule has 1 aliphatic heterocycles. The summed E-state index contributed by atoms with van der Waals surface area (Å²) in [6.07, 6.45) is 0. The van der Waals surface area contributed by atoms with Crippen molar-refractivity contribution < 1.29 is 4.79 Å². The van der Waals surface area contributed by atoms with Crippen molar-refractivity contribution in [3.05, 3.63) is 40.3 Å². The fourth-order valence-electron chi connectivity index (χ4n) is 2.15. The molecule has 0 saturated heterocycles. The van der Waals surface area contributed by atoms with Gasteiger partial charge in [0.2, 0.25) is 5.91 Å². The molecule has 1 amide bonds. The third kappa shape index (κ3) is 1.26. The van der Waals surface area contributed by atoms with Gasteiger partial charge >= 0.3 is 0 Å². The van der Waals surface area contributed by atoms with Gasteiger partial charge in [0.15, 0.2) is 0 Å². The number of carbonyl (C=O) groups excluding carboxylic acids is 1. The molecule has 0 N–H and O–H groups in total. The second-order valence-electron chi connectivity index (χ2n) is 4.10. The van der Waals surface area contributed by atoms with Crippen LogP contribution in [0.15, 0.2) is 29.4 Å². The van der Waals surface area contributed by atoms with Crippen LogP contribution in [-0.4, -0.2) is 19.5 Å². The summed E-state index contributed by atoms with van der Waals surface area (Å²) in [4.78, 5) is 16.5. The van der Waals surface area contributed by atoms with Gasteiger partial charge in [-0.05, 0) is 24.1 Å². The second kappa shape index (κ2) is 3.54. The number of likely N-dealkylation sites (N-methyl/N-ethyl adjacent to an activating group) is 1. The van der Waals surface area contributed by atoms with Gasteiger partial charge in [0.05, 0.1) is 5.41 Å². The van der Waals surface area contributed by atoms with Crippen LogP contribution in [-0.2, 0) is 10.2 Å². The largest absolute Gasteiger partial charge is 0.314 e. The van der Waals surface area contributed by atoms with Gasteiger partial charge in [-0.25, -0.2) is 0 Å². The van der Waals surface area contributed by atoms with Crippen molar-refractivity contribution in [3.8, 4) is 0 Å². The van der Waals surface area contributed by atoms with E-state index in [0.717, 1.165) is 11.3 Å². The van der Waals surface area contributed by atoms with Crippen molar-refractivity contribution in [2.24, 2.45) is 5.11 Å². The highest BCUT2D eigenvalue weighted by molar-refractivity contribution is 6.07. The molecule has 1 atom stereocenters. The Morgan fingerprint density at radius 2 is 2.19 bits per heavy atom. The quantitative estimate of drug-likeness (QED) is 0.424. The predicted octanol–water partition coefficient (Wildman–Crippen LogP) is 2.23. The summed E-state index contributed by atoms with van der Waals surface area (Å²) in [5.74, 6) is -0.0268. The maximum atomic E-state index is 12.1. The summed E-state index contributed by atoms with van der Waals surface area (Å²) in [7, 11) is 1.74. The van der Waals surface area contributed by atoms with E-state index in [2.05, 4.69) is 10.0 Å². The van der Waals surface area contributed by atoms with Crippen molar-refractivity contribution in [1.29, 1.82) is 0 Å². The minimum atomic E-state index is -0.725. The monoisotopic (exact) mass is 216 g/mol. The highest BCUT2D eigenvalue weighted by Gasteiger charge is 2.45. The van der Waals surface area contributed by atoms with Crippen LogP contribution >= 0.6 is 0 Å². The number of carbonyl (C=O) groups is 1. The molecule has 0 saturated carbocycles. The highest BCUT2D eigenvalue weighted by Crippen LogP contribution is 2.40. The first-order valence-corrected chi connectivity index (χ1v) is 5.00. The summed E-state index contributed by atoms with van der Waals surface area (Å²) >= 11 is 0. The van der Waals surface area contributed by atoms with Gasteiger partial charge in [-0.2, -0.15) is 0 Å². The Morgan fingerprint density at radius 1 is 1.50 bits per heavy atom. The zero-order valence-corrected chi connectivity index (χ0v) is 9.21. The average Bonchev–Trinajstić information content (AvgIpc) is 2.51. The fraction of sp³-hybridized carbons (Fsp3) is 0.364. The molecule has 0 aromatic heterocycles. The van der Waals surface area contributed by atoms with Crippen LogP contribution in [0, 0.1) is 0 Å². The minimum Gasteiger partial charge on any atom is -0.314 e. The molecule has 5 nitrogen and oxygen atoms in total. The maximum Gasteiger partial charge on any atom is 0.237 e. The molecule has 0 fully saturated rings. The lowest BCUT2D eigenvalue weighted by Gasteiger charge is -2.20. The van der Waals surface area contributed by atoms with Crippen molar-refractivity contribution >= 4 is 11.6 Å². The van der Waals surface area contributed by atoms with E-state index in [9.17, 15) is 4.79 Å². The Hall–Kier alpha value is -2.00. The van der Waals surface area contributed by atoms with Crippen LogP contribution in [0.2, 0.25) is 0 Å². The molecular weight excluding hydrogens is 204 g/mol. The van der Waals surface area contributed by atoms with Crippen molar-refractivity contribution in [2.75, 3.05) is 18.5 Å². The molecule has 82 valence electrons. The number of amides is 1. The Kier molecular flexibility index (Phi) is 2.33. The normalized spacial score (nSPS) is 22.9. The lowest BCUT2D eigenvalue weighted by atomic mass is 9.84. The van der Waals surface area contributed by atoms with Gasteiger partial charge in [-0.1, -0.05) is 23.3 Å². The van der Waals surface area contributed by atoms with Gasteiger partial charge in [0.1, 0.15) is 0 Å². The Balaban J connectivity index is 2.55. The number of azide groups is 1. The second-order valence-corrected chi connectivity index (χ2v) is 4.10. The predicted molar refractivity (Wildman–Crippen MR) is 61.2 cm³/mol. The summed E-state index contributed by atoms with van der Waals surface area (Å²) in [6.45, 7) is 1.97. The smallest absolute Gasteiger partial charge is 0.237 e. The van der Waals surface area contributed by atoms with E-state index in [4.69, 9.17) is 5.53 Å². The molecule has 1 aromatic rings.